The van der Waals surface area contributed by atoms with Crippen molar-refractivity contribution < 1.29 is 4.42 Å². The molecule has 170 valence electrons. The first-order valence-corrected chi connectivity index (χ1v) is 12.7. The van der Waals surface area contributed by atoms with Gasteiger partial charge in [0.2, 0.25) is 5.89 Å². The van der Waals surface area contributed by atoms with E-state index in [9.17, 15) is 0 Å². The molecule has 2 aromatic carbocycles. The van der Waals surface area contributed by atoms with Crippen LogP contribution in [0.2, 0.25) is 10.0 Å². The third kappa shape index (κ3) is 4.61. The van der Waals surface area contributed by atoms with Gasteiger partial charge in [0.15, 0.2) is 5.69 Å². The molecule has 0 amide bonds. The summed E-state index contributed by atoms with van der Waals surface area (Å²) in [5.41, 5.74) is 4.25. The largest absolute Gasteiger partial charge is 0.419 e. The molecular weight excluding hydrogens is 523 g/mol. The summed E-state index contributed by atoms with van der Waals surface area (Å²) < 4.78 is 9.03. The average Bonchev–Trinajstić information content (AvgIpc) is 3.30. The molecule has 0 bridgehead atoms. The second-order valence-electron chi connectivity index (χ2n) is 8.47. The van der Waals surface area contributed by atoms with Gasteiger partial charge in [0.05, 0.1) is 16.4 Å². The molecule has 1 saturated carbocycles. The molecule has 4 aromatic rings. The van der Waals surface area contributed by atoms with Crippen LogP contribution in [0.3, 0.4) is 0 Å². The van der Waals surface area contributed by atoms with Crippen molar-refractivity contribution in [3.05, 3.63) is 68.4 Å². The summed E-state index contributed by atoms with van der Waals surface area (Å²) in [6.07, 6.45) is 7.16. The van der Waals surface area contributed by atoms with Gasteiger partial charge in [-0.25, -0.2) is 4.68 Å². The predicted octanol–water partition coefficient (Wildman–Crippen LogP) is 8.40. The van der Waals surface area contributed by atoms with Gasteiger partial charge in [-0.15, -0.1) is 10.2 Å². The van der Waals surface area contributed by atoms with Crippen molar-refractivity contribution >= 4 is 39.1 Å². The second-order valence-corrected chi connectivity index (χ2v) is 10.2. The van der Waals surface area contributed by atoms with E-state index < -0.39 is 0 Å². The Kier molecular flexibility index (Phi) is 6.59. The number of rotatable bonds is 4. The van der Waals surface area contributed by atoms with Crippen molar-refractivity contribution in [3.63, 3.8) is 0 Å². The van der Waals surface area contributed by atoms with Gasteiger partial charge in [-0.3, -0.25) is 0 Å². The summed E-state index contributed by atoms with van der Waals surface area (Å²) in [4.78, 5) is 0. The summed E-state index contributed by atoms with van der Waals surface area (Å²) in [5, 5.41) is 14.8. The molecule has 33 heavy (non-hydrogen) atoms. The van der Waals surface area contributed by atoms with E-state index in [2.05, 4.69) is 26.1 Å². The molecule has 0 N–H and O–H groups in total. The predicted molar refractivity (Wildman–Crippen MR) is 135 cm³/mol. The Balaban J connectivity index is 1.63. The van der Waals surface area contributed by atoms with Crippen molar-refractivity contribution in [2.24, 2.45) is 0 Å². The Morgan fingerprint density at radius 2 is 1.70 bits per heavy atom. The Labute approximate surface area is 211 Å². The van der Waals surface area contributed by atoms with Gasteiger partial charge >= 0.3 is 0 Å². The SMILES string of the molecule is Cc1c(-c2nnc(C3CCCCCC3)o2)nn(-c2ccc(Cl)cc2Cl)c1-c1ccc(Br)cc1. The van der Waals surface area contributed by atoms with Crippen LogP contribution < -0.4 is 0 Å². The molecule has 2 heterocycles. The Morgan fingerprint density at radius 1 is 0.970 bits per heavy atom. The molecular formula is C25H23BrCl2N4O. The number of hydrogen-bond donors (Lipinski definition) is 0. The summed E-state index contributed by atoms with van der Waals surface area (Å²) in [5.74, 6) is 1.48. The monoisotopic (exact) mass is 544 g/mol. The highest BCUT2D eigenvalue weighted by Gasteiger charge is 2.26. The normalized spacial score (nSPS) is 15.0. The summed E-state index contributed by atoms with van der Waals surface area (Å²) in [7, 11) is 0. The average molecular weight is 546 g/mol. The molecule has 5 nitrogen and oxygen atoms in total. The molecule has 0 aliphatic heterocycles. The minimum Gasteiger partial charge on any atom is -0.419 e. The fraction of sp³-hybridized carbons (Fsp3) is 0.320. The van der Waals surface area contributed by atoms with Crippen LogP contribution in [0.4, 0.5) is 0 Å². The molecule has 0 unspecified atom stereocenters. The molecule has 1 aliphatic rings. The number of nitrogens with zero attached hydrogens (tertiary/aromatic N) is 4. The lowest BCUT2D eigenvalue weighted by molar-refractivity contribution is 0.425. The van der Waals surface area contributed by atoms with E-state index in [0.29, 0.717) is 27.5 Å². The van der Waals surface area contributed by atoms with Crippen LogP contribution in [0.5, 0.6) is 0 Å². The van der Waals surface area contributed by atoms with Crippen LogP contribution >= 0.6 is 39.1 Å². The lowest BCUT2D eigenvalue weighted by Gasteiger charge is -2.11. The van der Waals surface area contributed by atoms with E-state index >= 15 is 0 Å². The zero-order valence-electron chi connectivity index (χ0n) is 18.2. The van der Waals surface area contributed by atoms with Crippen LogP contribution in [-0.4, -0.2) is 20.0 Å². The first-order valence-electron chi connectivity index (χ1n) is 11.2. The van der Waals surface area contributed by atoms with Crippen LogP contribution in [0.1, 0.15) is 55.9 Å². The smallest absolute Gasteiger partial charge is 0.268 e. The standard InChI is InChI=1S/C25H23BrCl2N4O/c1-15-22(25-30-29-24(33-25)17-6-4-2-3-5-7-17)31-32(21-13-12-19(27)14-20(21)28)23(15)16-8-10-18(26)11-9-16/h8-14,17H,2-7H2,1H3. The molecule has 2 aromatic heterocycles. The van der Waals surface area contributed by atoms with Gasteiger partial charge in [0, 0.05) is 26.5 Å². The third-order valence-corrected chi connectivity index (χ3v) is 7.29. The van der Waals surface area contributed by atoms with Crippen molar-refractivity contribution in [2.45, 2.75) is 51.4 Å². The summed E-state index contributed by atoms with van der Waals surface area (Å²) in [6.45, 7) is 2.02. The molecule has 8 heteroatoms. The van der Waals surface area contributed by atoms with E-state index in [1.165, 1.54) is 25.7 Å². The van der Waals surface area contributed by atoms with Crippen LogP contribution in [0.25, 0.3) is 28.5 Å². The highest BCUT2D eigenvalue weighted by molar-refractivity contribution is 9.10. The first kappa shape index (κ1) is 22.6. The molecule has 0 spiro atoms. The molecule has 0 radical (unpaired) electrons. The Morgan fingerprint density at radius 3 is 2.39 bits per heavy atom. The third-order valence-electron chi connectivity index (χ3n) is 6.23. The zero-order valence-corrected chi connectivity index (χ0v) is 21.3. The fourth-order valence-electron chi connectivity index (χ4n) is 4.49. The number of halogens is 3. The maximum atomic E-state index is 6.57. The van der Waals surface area contributed by atoms with Gasteiger partial charge in [0.25, 0.3) is 5.89 Å². The molecule has 0 atom stereocenters. The molecule has 1 fully saturated rings. The summed E-state index contributed by atoms with van der Waals surface area (Å²) >= 11 is 16.2. The second kappa shape index (κ2) is 9.61. The molecule has 1 aliphatic carbocycles. The van der Waals surface area contributed by atoms with Gasteiger partial charge in [0.1, 0.15) is 0 Å². The van der Waals surface area contributed by atoms with Gasteiger partial charge in [-0.05, 0) is 50.1 Å². The maximum Gasteiger partial charge on any atom is 0.268 e. The fourth-order valence-corrected chi connectivity index (χ4v) is 5.25. The minimum atomic E-state index is 0.327. The van der Waals surface area contributed by atoms with E-state index in [0.717, 1.165) is 45.7 Å². The minimum absolute atomic E-state index is 0.327. The van der Waals surface area contributed by atoms with Crippen LogP contribution in [0.15, 0.2) is 51.4 Å². The van der Waals surface area contributed by atoms with E-state index in [1.807, 2.05) is 48.0 Å². The van der Waals surface area contributed by atoms with Crippen molar-refractivity contribution in [2.75, 3.05) is 0 Å². The zero-order chi connectivity index (χ0) is 22.9. The highest BCUT2D eigenvalue weighted by Crippen LogP contribution is 2.37. The van der Waals surface area contributed by atoms with E-state index in [-0.39, 0.29) is 0 Å². The number of hydrogen-bond acceptors (Lipinski definition) is 4. The Hall–Kier alpha value is -2.15. The molecule has 0 saturated heterocycles. The number of benzene rings is 2. The first-order chi connectivity index (χ1) is 16.0. The van der Waals surface area contributed by atoms with Gasteiger partial charge in [-0.1, -0.05) is 76.9 Å². The maximum absolute atomic E-state index is 6.57. The van der Waals surface area contributed by atoms with Gasteiger partial charge in [-0.2, -0.15) is 5.10 Å². The highest BCUT2D eigenvalue weighted by atomic mass is 79.9. The van der Waals surface area contributed by atoms with Crippen LogP contribution in [-0.2, 0) is 0 Å². The van der Waals surface area contributed by atoms with Crippen molar-refractivity contribution in [1.82, 2.24) is 20.0 Å². The van der Waals surface area contributed by atoms with Crippen molar-refractivity contribution in [3.8, 4) is 28.5 Å². The number of aromatic nitrogens is 4. The Bertz CT molecular complexity index is 1270. The lowest BCUT2D eigenvalue weighted by Crippen LogP contribution is -2.00. The van der Waals surface area contributed by atoms with Crippen molar-refractivity contribution in [1.29, 1.82) is 0 Å². The van der Waals surface area contributed by atoms with Crippen LogP contribution in [0, 0.1) is 6.92 Å². The van der Waals surface area contributed by atoms with E-state index in [4.69, 9.17) is 32.7 Å². The topological polar surface area (TPSA) is 56.7 Å². The van der Waals surface area contributed by atoms with Gasteiger partial charge < -0.3 is 4.42 Å². The lowest BCUT2D eigenvalue weighted by atomic mass is 10.0. The molecule has 5 rings (SSSR count). The quantitative estimate of drug-likeness (QED) is 0.241. The summed E-state index contributed by atoms with van der Waals surface area (Å²) in [6, 6.07) is 13.5. The van der Waals surface area contributed by atoms with E-state index in [1.54, 1.807) is 6.07 Å².